The lowest BCUT2D eigenvalue weighted by atomic mass is 9.65. The molecule has 142 valence electrons. The van der Waals surface area contributed by atoms with Gasteiger partial charge in [0.1, 0.15) is 5.69 Å². The van der Waals surface area contributed by atoms with E-state index in [4.69, 9.17) is 4.52 Å². The Bertz CT molecular complexity index is 756. The van der Waals surface area contributed by atoms with E-state index in [0.29, 0.717) is 30.4 Å². The van der Waals surface area contributed by atoms with Gasteiger partial charge >= 0.3 is 0 Å². The molecule has 1 N–H and O–H groups in total. The van der Waals surface area contributed by atoms with E-state index < -0.39 is 0 Å². The topological polar surface area (TPSA) is 79.4 Å². The molecule has 1 fully saturated rings. The minimum absolute atomic E-state index is 0. The van der Waals surface area contributed by atoms with Gasteiger partial charge in [0.25, 0.3) is 5.89 Å². The average Bonchev–Trinajstić information content (AvgIpc) is 3.07. The second-order valence-corrected chi connectivity index (χ2v) is 7.48. The van der Waals surface area contributed by atoms with Crippen LogP contribution in [-0.2, 0) is 6.42 Å². The van der Waals surface area contributed by atoms with Crippen LogP contribution in [0.25, 0.3) is 11.6 Å². The second kappa shape index (κ2) is 7.89. The van der Waals surface area contributed by atoms with Crippen molar-refractivity contribution in [3.05, 3.63) is 30.2 Å². The highest BCUT2D eigenvalue weighted by atomic mass is 127. The number of hydrogen-bond donors (Lipinski definition) is 1. The van der Waals surface area contributed by atoms with Crippen LogP contribution >= 0.6 is 24.0 Å². The normalized spacial score (nSPS) is 18.0. The van der Waals surface area contributed by atoms with Crippen molar-refractivity contribution < 1.29 is 4.52 Å². The molecule has 3 rings (SSSR count). The molecule has 0 amide bonds. The van der Waals surface area contributed by atoms with Crippen molar-refractivity contribution in [1.29, 1.82) is 0 Å². The highest BCUT2D eigenvalue weighted by Crippen LogP contribution is 2.46. The first-order valence-electron chi connectivity index (χ1n) is 8.57. The van der Waals surface area contributed by atoms with Gasteiger partial charge in [0, 0.05) is 43.7 Å². The summed E-state index contributed by atoms with van der Waals surface area (Å²) < 4.78 is 5.28. The van der Waals surface area contributed by atoms with Crippen LogP contribution in [0.5, 0.6) is 0 Å². The molecule has 1 saturated heterocycles. The lowest BCUT2D eigenvalue weighted by Crippen LogP contribution is -2.72. The number of pyridine rings is 1. The number of guanidine groups is 1. The molecule has 7 nitrogen and oxygen atoms in total. The number of aliphatic imine (C=N–C) groups is 1. The Morgan fingerprint density at radius 2 is 2.08 bits per heavy atom. The molecule has 0 bridgehead atoms. The van der Waals surface area contributed by atoms with Gasteiger partial charge in [-0.1, -0.05) is 25.1 Å². The first-order chi connectivity index (χ1) is 11.8. The smallest absolute Gasteiger partial charge is 0.276 e. The summed E-state index contributed by atoms with van der Waals surface area (Å²) in [6, 6.07) is 5.61. The quantitative estimate of drug-likeness (QED) is 0.421. The van der Waals surface area contributed by atoms with Crippen LogP contribution in [0.15, 0.2) is 33.9 Å². The number of rotatable bonds is 4. The van der Waals surface area contributed by atoms with E-state index in [2.05, 4.69) is 58.0 Å². The Balaban J connectivity index is 0.00000243. The zero-order chi connectivity index (χ0) is 18.1. The Morgan fingerprint density at radius 3 is 2.65 bits per heavy atom. The predicted molar refractivity (Wildman–Crippen MR) is 113 cm³/mol. The van der Waals surface area contributed by atoms with E-state index in [0.717, 1.165) is 12.5 Å². The largest absolute Gasteiger partial charge is 0.356 e. The monoisotopic (exact) mass is 470 g/mol. The lowest BCUT2D eigenvalue weighted by molar-refractivity contribution is -0.0666. The fraction of sp³-hybridized carbons (Fsp3) is 0.556. The van der Waals surface area contributed by atoms with Crippen LogP contribution < -0.4 is 5.32 Å². The number of nitrogens with one attached hydrogen (secondary N) is 1. The summed E-state index contributed by atoms with van der Waals surface area (Å²) in [6.07, 6.45) is 2.37. The summed E-state index contributed by atoms with van der Waals surface area (Å²) in [4.78, 5) is 15.3. The first-order valence-corrected chi connectivity index (χ1v) is 8.57. The van der Waals surface area contributed by atoms with Gasteiger partial charge in [-0.3, -0.25) is 9.98 Å². The standard InChI is InChI=1S/C18H26N6O.HI/c1-17(2)12-24(18(17,3)4)16(19-5)21-11-9-14-22-15(25-23-14)13-8-6-7-10-20-13;/h6-8,10H,9,11-12H2,1-5H3,(H,19,21);1H. The molecule has 0 aliphatic carbocycles. The van der Waals surface area contributed by atoms with Gasteiger partial charge in [0.15, 0.2) is 11.8 Å². The molecule has 1 aliphatic heterocycles. The lowest BCUT2D eigenvalue weighted by Gasteiger charge is -2.62. The highest BCUT2D eigenvalue weighted by molar-refractivity contribution is 14.0. The molecule has 0 aromatic carbocycles. The van der Waals surface area contributed by atoms with Crippen LogP contribution in [0.2, 0.25) is 0 Å². The molecule has 0 unspecified atom stereocenters. The number of aromatic nitrogens is 3. The highest BCUT2D eigenvalue weighted by Gasteiger charge is 2.53. The van der Waals surface area contributed by atoms with E-state index in [1.54, 1.807) is 6.20 Å². The van der Waals surface area contributed by atoms with Gasteiger partial charge in [-0.05, 0) is 26.0 Å². The van der Waals surface area contributed by atoms with Crippen molar-refractivity contribution in [2.45, 2.75) is 39.7 Å². The third-order valence-electron chi connectivity index (χ3n) is 5.34. The molecule has 3 heterocycles. The summed E-state index contributed by atoms with van der Waals surface area (Å²) in [7, 11) is 1.82. The maximum atomic E-state index is 5.28. The van der Waals surface area contributed by atoms with Crippen molar-refractivity contribution >= 4 is 29.9 Å². The molecule has 8 heteroatoms. The van der Waals surface area contributed by atoms with Crippen molar-refractivity contribution in [2.75, 3.05) is 20.1 Å². The van der Waals surface area contributed by atoms with Crippen LogP contribution in [0, 0.1) is 5.41 Å². The molecule has 0 saturated carbocycles. The second-order valence-electron chi connectivity index (χ2n) is 7.48. The van der Waals surface area contributed by atoms with E-state index in [1.165, 1.54) is 0 Å². The summed E-state index contributed by atoms with van der Waals surface area (Å²) in [5.74, 6) is 2.02. The van der Waals surface area contributed by atoms with Crippen LogP contribution in [-0.4, -0.2) is 51.7 Å². The zero-order valence-corrected chi connectivity index (χ0v) is 18.3. The Labute approximate surface area is 171 Å². The van der Waals surface area contributed by atoms with Crippen molar-refractivity contribution in [3.8, 4) is 11.6 Å². The van der Waals surface area contributed by atoms with Gasteiger partial charge in [0.05, 0.1) is 0 Å². The molecule has 26 heavy (non-hydrogen) atoms. The van der Waals surface area contributed by atoms with E-state index in [-0.39, 0.29) is 34.9 Å². The van der Waals surface area contributed by atoms with Gasteiger partial charge in [-0.15, -0.1) is 24.0 Å². The molecular weight excluding hydrogens is 443 g/mol. The number of halogens is 1. The van der Waals surface area contributed by atoms with Crippen LogP contribution in [0.4, 0.5) is 0 Å². The van der Waals surface area contributed by atoms with Gasteiger partial charge in [0.2, 0.25) is 0 Å². The Kier molecular flexibility index (Phi) is 6.25. The maximum absolute atomic E-state index is 5.28. The maximum Gasteiger partial charge on any atom is 0.276 e. The Hall–Kier alpha value is -1.71. The summed E-state index contributed by atoms with van der Waals surface area (Å²) in [6.45, 7) is 10.8. The first kappa shape index (κ1) is 20.6. The zero-order valence-electron chi connectivity index (χ0n) is 16.0. The third kappa shape index (κ3) is 3.84. The number of hydrogen-bond acceptors (Lipinski definition) is 5. The molecule has 0 atom stereocenters. The van der Waals surface area contributed by atoms with Crippen molar-refractivity contribution in [1.82, 2.24) is 25.3 Å². The molecular formula is C18H27IN6O. The van der Waals surface area contributed by atoms with Gasteiger partial charge < -0.3 is 14.7 Å². The number of likely N-dealkylation sites (tertiary alicyclic amines) is 1. The minimum Gasteiger partial charge on any atom is -0.356 e. The molecule has 2 aromatic heterocycles. The summed E-state index contributed by atoms with van der Waals surface area (Å²) >= 11 is 0. The molecule has 1 aliphatic rings. The fourth-order valence-corrected chi connectivity index (χ4v) is 2.93. The molecule has 0 radical (unpaired) electrons. The van der Waals surface area contributed by atoms with Gasteiger partial charge in [-0.2, -0.15) is 4.98 Å². The van der Waals surface area contributed by atoms with Crippen molar-refractivity contribution in [3.63, 3.8) is 0 Å². The Morgan fingerprint density at radius 1 is 1.31 bits per heavy atom. The van der Waals surface area contributed by atoms with Gasteiger partial charge in [-0.25, -0.2) is 0 Å². The molecule has 0 spiro atoms. The van der Waals surface area contributed by atoms with E-state index >= 15 is 0 Å². The molecule has 2 aromatic rings. The minimum atomic E-state index is 0. The summed E-state index contributed by atoms with van der Waals surface area (Å²) in [5.41, 5.74) is 1.04. The SMILES string of the molecule is CN=C(NCCc1noc(-c2ccccn2)n1)N1CC(C)(C)C1(C)C.I. The number of nitrogens with zero attached hydrogens (tertiary/aromatic N) is 5. The fourth-order valence-electron chi connectivity index (χ4n) is 2.93. The van der Waals surface area contributed by atoms with Crippen LogP contribution in [0.3, 0.4) is 0 Å². The third-order valence-corrected chi connectivity index (χ3v) is 5.34. The average molecular weight is 470 g/mol. The summed E-state index contributed by atoms with van der Waals surface area (Å²) in [5, 5.41) is 7.43. The predicted octanol–water partition coefficient (Wildman–Crippen LogP) is 2.99. The van der Waals surface area contributed by atoms with E-state index in [9.17, 15) is 0 Å². The van der Waals surface area contributed by atoms with Crippen molar-refractivity contribution in [2.24, 2.45) is 10.4 Å². The van der Waals surface area contributed by atoms with E-state index in [1.807, 2.05) is 25.2 Å². The van der Waals surface area contributed by atoms with Crippen LogP contribution in [0.1, 0.15) is 33.5 Å².